The zero-order chi connectivity index (χ0) is 19.9. The molecule has 1 aromatic heterocycles. The van der Waals surface area contributed by atoms with Crippen LogP contribution >= 0.6 is 11.8 Å². The molecular formula is C17H25N5O3S2. The van der Waals surface area contributed by atoms with Gasteiger partial charge in [-0.15, -0.1) is 10.2 Å². The number of rotatable bonds is 10. The minimum Gasteiger partial charge on any atom is -0.325 e. The molecule has 1 aromatic carbocycles. The number of amides is 1. The van der Waals surface area contributed by atoms with E-state index in [9.17, 15) is 13.2 Å². The summed E-state index contributed by atoms with van der Waals surface area (Å²) >= 11 is 1.30. The van der Waals surface area contributed by atoms with E-state index in [2.05, 4.69) is 22.4 Å². The van der Waals surface area contributed by atoms with Crippen LogP contribution in [0.2, 0.25) is 0 Å². The highest BCUT2D eigenvalue weighted by atomic mass is 32.2. The molecule has 0 aliphatic rings. The predicted molar refractivity (Wildman–Crippen MR) is 106 cm³/mol. The summed E-state index contributed by atoms with van der Waals surface area (Å²) in [6.07, 6.45) is 4.98. The van der Waals surface area contributed by atoms with Gasteiger partial charge >= 0.3 is 0 Å². The van der Waals surface area contributed by atoms with E-state index < -0.39 is 10.0 Å². The maximum Gasteiger partial charge on any atom is 0.242 e. The lowest BCUT2D eigenvalue weighted by Gasteiger charge is -2.12. The van der Waals surface area contributed by atoms with Gasteiger partial charge in [0, 0.05) is 26.3 Å². The van der Waals surface area contributed by atoms with E-state index in [4.69, 9.17) is 0 Å². The number of nitrogens with zero attached hydrogens (tertiary/aromatic N) is 4. The third kappa shape index (κ3) is 6.05. The van der Waals surface area contributed by atoms with Gasteiger partial charge in [-0.3, -0.25) is 4.79 Å². The van der Waals surface area contributed by atoms with Crippen LogP contribution in [0.15, 0.2) is 40.6 Å². The zero-order valence-corrected chi connectivity index (χ0v) is 17.4. The van der Waals surface area contributed by atoms with Crippen molar-refractivity contribution in [3.63, 3.8) is 0 Å². The third-order valence-corrected chi connectivity index (χ3v) is 6.60. The first-order valence-electron chi connectivity index (χ1n) is 8.67. The van der Waals surface area contributed by atoms with Crippen molar-refractivity contribution in [3.05, 3.63) is 30.6 Å². The molecule has 0 spiro atoms. The van der Waals surface area contributed by atoms with Crippen molar-refractivity contribution in [2.24, 2.45) is 0 Å². The van der Waals surface area contributed by atoms with Crippen molar-refractivity contribution >= 4 is 33.4 Å². The van der Waals surface area contributed by atoms with Crippen LogP contribution in [0.25, 0.3) is 0 Å². The average Bonchev–Trinajstić information content (AvgIpc) is 3.08. The maximum absolute atomic E-state index is 12.2. The Morgan fingerprint density at radius 2 is 2.07 bits per heavy atom. The van der Waals surface area contributed by atoms with Gasteiger partial charge in [-0.05, 0) is 24.6 Å². The van der Waals surface area contributed by atoms with Crippen molar-refractivity contribution in [1.82, 2.24) is 19.1 Å². The van der Waals surface area contributed by atoms with Gasteiger partial charge in [0.1, 0.15) is 6.33 Å². The Balaban J connectivity index is 1.94. The maximum atomic E-state index is 12.2. The summed E-state index contributed by atoms with van der Waals surface area (Å²) in [7, 11) is -0.612. The number of benzene rings is 1. The van der Waals surface area contributed by atoms with E-state index >= 15 is 0 Å². The highest BCUT2D eigenvalue weighted by molar-refractivity contribution is 7.99. The second kappa shape index (κ2) is 9.86. The summed E-state index contributed by atoms with van der Waals surface area (Å²) in [4.78, 5) is 12.4. The van der Waals surface area contributed by atoms with Gasteiger partial charge in [-0.2, -0.15) is 0 Å². The Hall–Kier alpha value is -1.91. The second-order valence-corrected chi connectivity index (χ2v) is 9.26. The van der Waals surface area contributed by atoms with Gasteiger partial charge in [0.25, 0.3) is 0 Å². The molecule has 2 aromatic rings. The van der Waals surface area contributed by atoms with Crippen molar-refractivity contribution < 1.29 is 13.2 Å². The Morgan fingerprint density at radius 3 is 2.78 bits per heavy atom. The van der Waals surface area contributed by atoms with Crippen molar-refractivity contribution in [1.29, 1.82) is 0 Å². The Bertz CT molecular complexity index is 865. The summed E-state index contributed by atoms with van der Waals surface area (Å²) in [5.41, 5.74) is 0.438. The summed E-state index contributed by atoms with van der Waals surface area (Å²) < 4.78 is 27.5. The van der Waals surface area contributed by atoms with Crippen LogP contribution < -0.4 is 5.32 Å². The molecule has 0 atom stereocenters. The fourth-order valence-corrected chi connectivity index (χ4v) is 4.00. The van der Waals surface area contributed by atoms with Crippen molar-refractivity contribution in [2.75, 3.05) is 25.2 Å². The van der Waals surface area contributed by atoms with E-state index in [1.54, 1.807) is 18.5 Å². The summed E-state index contributed by atoms with van der Waals surface area (Å²) in [6.45, 7) is 2.97. The molecule has 1 N–H and O–H groups in total. The largest absolute Gasteiger partial charge is 0.325 e. The zero-order valence-electron chi connectivity index (χ0n) is 15.8. The third-order valence-electron chi connectivity index (χ3n) is 3.81. The van der Waals surface area contributed by atoms with Crippen LogP contribution in [-0.2, 0) is 21.4 Å². The number of unbranched alkanes of at least 4 members (excludes halogenated alkanes) is 2. The number of nitrogens with one attached hydrogen (secondary N) is 1. The molecule has 8 nitrogen and oxygen atoms in total. The monoisotopic (exact) mass is 411 g/mol. The number of carbonyl (C=O) groups is 1. The van der Waals surface area contributed by atoms with Crippen molar-refractivity contribution in [2.45, 2.75) is 42.8 Å². The first-order valence-corrected chi connectivity index (χ1v) is 11.1. The number of thioether (sulfide) groups is 1. The molecule has 2 rings (SSSR count). The van der Waals surface area contributed by atoms with Gasteiger partial charge in [0.15, 0.2) is 5.16 Å². The molecule has 1 heterocycles. The SMILES string of the molecule is CCCCCn1cnnc1SCC(=O)Nc1cccc(S(=O)(=O)N(C)C)c1. The summed E-state index contributed by atoms with van der Waals surface area (Å²) in [5.74, 6) is -0.0700. The smallest absolute Gasteiger partial charge is 0.242 e. The molecule has 0 saturated heterocycles. The van der Waals surface area contributed by atoms with Gasteiger partial charge in [-0.1, -0.05) is 37.6 Å². The quantitative estimate of drug-likeness (QED) is 0.476. The van der Waals surface area contributed by atoms with Crippen LogP contribution in [0, 0.1) is 0 Å². The van der Waals surface area contributed by atoms with Crippen LogP contribution in [0.4, 0.5) is 5.69 Å². The van der Waals surface area contributed by atoms with E-state index in [-0.39, 0.29) is 16.6 Å². The number of aromatic nitrogens is 3. The topological polar surface area (TPSA) is 97.2 Å². The molecule has 148 valence electrons. The Morgan fingerprint density at radius 1 is 1.30 bits per heavy atom. The van der Waals surface area contributed by atoms with E-state index in [1.165, 1.54) is 38.0 Å². The highest BCUT2D eigenvalue weighted by Crippen LogP contribution is 2.19. The summed E-state index contributed by atoms with van der Waals surface area (Å²) in [6, 6.07) is 6.21. The first kappa shape index (κ1) is 21.4. The van der Waals surface area contributed by atoms with E-state index in [0.717, 1.165) is 30.1 Å². The summed E-state index contributed by atoms with van der Waals surface area (Å²) in [5, 5.41) is 11.4. The molecule has 0 aliphatic carbocycles. The van der Waals surface area contributed by atoms with E-state index in [1.807, 2.05) is 4.57 Å². The number of anilines is 1. The van der Waals surface area contributed by atoms with Gasteiger partial charge in [-0.25, -0.2) is 12.7 Å². The molecule has 0 fully saturated rings. The molecule has 0 bridgehead atoms. The number of hydrogen-bond donors (Lipinski definition) is 1. The van der Waals surface area contributed by atoms with E-state index in [0.29, 0.717) is 10.8 Å². The minimum atomic E-state index is -3.54. The van der Waals surface area contributed by atoms with Crippen LogP contribution in [0.5, 0.6) is 0 Å². The molecule has 0 unspecified atom stereocenters. The fourth-order valence-electron chi connectivity index (χ4n) is 2.31. The highest BCUT2D eigenvalue weighted by Gasteiger charge is 2.17. The van der Waals surface area contributed by atoms with Crippen LogP contribution in [0.3, 0.4) is 0 Å². The number of aryl methyl sites for hydroxylation is 1. The standard InChI is InChI=1S/C17H25N5O3S2/c1-4-5-6-10-22-13-18-20-17(22)26-12-16(23)19-14-8-7-9-15(11-14)27(24,25)21(2)3/h7-9,11,13H,4-6,10,12H2,1-3H3,(H,19,23). The van der Waals surface area contributed by atoms with Gasteiger partial charge < -0.3 is 9.88 Å². The predicted octanol–water partition coefficient (Wildman–Crippen LogP) is 2.45. The molecule has 27 heavy (non-hydrogen) atoms. The lowest BCUT2D eigenvalue weighted by atomic mass is 10.2. The molecular weight excluding hydrogens is 386 g/mol. The number of hydrogen-bond acceptors (Lipinski definition) is 6. The van der Waals surface area contributed by atoms with Crippen LogP contribution in [-0.4, -0.2) is 53.2 Å². The average molecular weight is 412 g/mol. The normalized spacial score (nSPS) is 11.7. The Kier molecular flexibility index (Phi) is 7.81. The molecule has 10 heteroatoms. The van der Waals surface area contributed by atoms with Crippen LogP contribution in [0.1, 0.15) is 26.2 Å². The molecule has 0 radical (unpaired) electrons. The number of carbonyl (C=O) groups excluding carboxylic acids is 1. The lowest BCUT2D eigenvalue weighted by molar-refractivity contribution is -0.113. The second-order valence-electron chi connectivity index (χ2n) is 6.17. The molecule has 0 saturated carbocycles. The fraction of sp³-hybridized carbons (Fsp3) is 0.471. The molecule has 0 aliphatic heterocycles. The lowest BCUT2D eigenvalue weighted by Crippen LogP contribution is -2.22. The van der Waals surface area contributed by atoms with Gasteiger partial charge in [0.2, 0.25) is 15.9 Å². The molecule has 1 amide bonds. The first-order chi connectivity index (χ1) is 12.8. The minimum absolute atomic E-state index is 0.133. The van der Waals surface area contributed by atoms with Crippen molar-refractivity contribution in [3.8, 4) is 0 Å². The Labute approximate surface area is 164 Å². The number of sulfonamides is 1. The van der Waals surface area contributed by atoms with Gasteiger partial charge in [0.05, 0.1) is 10.6 Å².